The van der Waals surface area contributed by atoms with Crippen LogP contribution in [0.1, 0.15) is 26.7 Å². The van der Waals surface area contributed by atoms with Crippen LogP contribution in [0.5, 0.6) is 0 Å². The van der Waals surface area contributed by atoms with E-state index in [1.165, 1.54) is 19.1 Å². The number of nitrogens with zero attached hydrogens (tertiary/aromatic N) is 1. The van der Waals surface area contributed by atoms with Crippen molar-refractivity contribution in [1.29, 1.82) is 0 Å². The number of carboxylic acid groups (broad SMARTS) is 1. The lowest BCUT2D eigenvalue weighted by atomic mass is 9.89. The number of likely N-dealkylation sites (tertiary alicyclic amines) is 1. The average Bonchev–Trinajstić information content (AvgIpc) is 3.29. The van der Waals surface area contributed by atoms with Gasteiger partial charge in [-0.3, -0.25) is 4.90 Å². The van der Waals surface area contributed by atoms with Crippen LogP contribution in [0, 0.1) is 0 Å². The molecule has 1 N–H and O–H groups in total. The Hall–Kier alpha value is -0.930. The predicted molar refractivity (Wildman–Crippen MR) is 78.1 cm³/mol. The van der Waals surface area contributed by atoms with Gasteiger partial charge in [0.05, 0.1) is 12.1 Å². The molecule has 5 atom stereocenters. The summed E-state index contributed by atoms with van der Waals surface area (Å²) in [6, 6.07) is 0. The fourth-order valence-electron chi connectivity index (χ4n) is 3.90. The molecule has 8 heteroatoms. The molecule has 0 aromatic carbocycles. The van der Waals surface area contributed by atoms with Crippen molar-refractivity contribution in [3.63, 3.8) is 0 Å². The first-order valence-electron chi connectivity index (χ1n) is 7.76. The number of hydrogen-bond donors (Lipinski definition) is 1. The van der Waals surface area contributed by atoms with Crippen LogP contribution in [-0.4, -0.2) is 79.4 Å². The van der Waals surface area contributed by atoms with Gasteiger partial charge in [0.1, 0.15) is 18.3 Å². The zero-order valence-electron chi connectivity index (χ0n) is 14.2. The van der Waals surface area contributed by atoms with E-state index >= 15 is 0 Å². The summed E-state index contributed by atoms with van der Waals surface area (Å²) in [6.45, 7) is 3.70. The summed E-state index contributed by atoms with van der Waals surface area (Å²) < 4.78 is 29.0. The van der Waals surface area contributed by atoms with Crippen molar-refractivity contribution in [3.8, 4) is 0 Å². The lowest BCUT2D eigenvalue weighted by molar-refractivity contribution is -0.460. The third-order valence-corrected chi connectivity index (χ3v) is 5.68. The van der Waals surface area contributed by atoms with Gasteiger partial charge in [-0.2, -0.15) is 0 Å². The first kappa shape index (κ1) is 16.9. The van der Waals surface area contributed by atoms with Gasteiger partial charge in [0.15, 0.2) is 0 Å². The molecule has 0 bridgehead atoms. The Morgan fingerprint density at radius 2 is 1.70 bits per heavy atom. The Morgan fingerprint density at radius 3 is 2.13 bits per heavy atom. The van der Waals surface area contributed by atoms with E-state index < -0.39 is 41.5 Å². The number of rotatable bonds is 3. The third kappa shape index (κ3) is 2.20. The Labute approximate surface area is 135 Å². The first-order valence-corrected chi connectivity index (χ1v) is 7.76. The van der Waals surface area contributed by atoms with Crippen molar-refractivity contribution < 1.29 is 33.6 Å². The van der Waals surface area contributed by atoms with Crippen LogP contribution in [0.25, 0.3) is 0 Å². The van der Waals surface area contributed by atoms with Crippen LogP contribution in [0.3, 0.4) is 0 Å². The molecule has 0 aromatic rings. The number of carbonyl (C=O) groups is 1. The molecule has 132 valence electrons. The number of hydrogen-bond acceptors (Lipinski definition) is 6. The highest BCUT2D eigenvalue weighted by molar-refractivity contribution is 5.67. The van der Waals surface area contributed by atoms with E-state index in [2.05, 4.69) is 0 Å². The fraction of sp³-hybridized carbons (Fsp3) is 0.933. The average molecular weight is 331 g/mol. The molecule has 2 aliphatic heterocycles. The van der Waals surface area contributed by atoms with Gasteiger partial charge in [-0.25, -0.2) is 4.79 Å². The Kier molecular flexibility index (Phi) is 3.89. The molecule has 3 aliphatic rings. The van der Waals surface area contributed by atoms with Gasteiger partial charge in [0.25, 0.3) is 0 Å². The normalized spacial score (nSPS) is 44.9. The molecule has 23 heavy (non-hydrogen) atoms. The topological polar surface area (TPSA) is 86.7 Å². The second kappa shape index (κ2) is 5.29. The third-order valence-electron chi connectivity index (χ3n) is 5.68. The summed E-state index contributed by atoms with van der Waals surface area (Å²) in [5.74, 6) is -2.28. The quantitative estimate of drug-likeness (QED) is 0.826. The molecule has 1 aliphatic carbocycles. The van der Waals surface area contributed by atoms with Gasteiger partial charge in [0, 0.05) is 21.3 Å². The minimum Gasteiger partial charge on any atom is -0.465 e. The molecule has 5 unspecified atom stereocenters. The fourth-order valence-corrected chi connectivity index (χ4v) is 3.90. The van der Waals surface area contributed by atoms with Crippen LogP contribution in [-0.2, 0) is 23.7 Å². The van der Waals surface area contributed by atoms with Crippen molar-refractivity contribution in [2.24, 2.45) is 0 Å². The van der Waals surface area contributed by atoms with Crippen molar-refractivity contribution in [3.05, 3.63) is 0 Å². The second-order valence-electron chi connectivity index (χ2n) is 6.69. The maximum atomic E-state index is 11.7. The molecular formula is C15H25NO7. The maximum absolute atomic E-state index is 11.7. The predicted octanol–water partition coefficient (Wildman–Crippen LogP) is 1.04. The van der Waals surface area contributed by atoms with Crippen molar-refractivity contribution in [2.75, 3.05) is 27.9 Å². The highest BCUT2D eigenvalue weighted by atomic mass is 16.8. The largest absolute Gasteiger partial charge is 0.465 e. The number of methoxy groups -OCH3 is 3. The zero-order valence-corrected chi connectivity index (χ0v) is 14.2. The molecule has 8 nitrogen and oxygen atoms in total. The maximum Gasteiger partial charge on any atom is 0.407 e. The van der Waals surface area contributed by atoms with Gasteiger partial charge in [-0.15, -0.1) is 0 Å². The molecule has 1 spiro atoms. The highest BCUT2D eigenvalue weighted by Gasteiger charge is 2.68. The molecule has 3 rings (SSSR count). The molecule has 1 amide bonds. The summed E-state index contributed by atoms with van der Waals surface area (Å²) >= 11 is 0. The van der Waals surface area contributed by atoms with Crippen molar-refractivity contribution in [1.82, 2.24) is 4.90 Å². The van der Waals surface area contributed by atoms with E-state index in [-0.39, 0.29) is 6.54 Å². The molecule has 1 saturated carbocycles. The Balaban J connectivity index is 1.96. The summed E-state index contributed by atoms with van der Waals surface area (Å²) in [6.07, 6.45) is -0.772. The monoisotopic (exact) mass is 331 g/mol. The molecule has 0 aromatic heterocycles. The van der Waals surface area contributed by atoms with Gasteiger partial charge >= 0.3 is 6.09 Å². The van der Waals surface area contributed by atoms with Crippen LogP contribution < -0.4 is 0 Å². The SMILES string of the molecule is COC1C2OC(C)(OC)C(C)(OC)OC2CN(C(=O)O)C12CC2. The lowest BCUT2D eigenvalue weighted by Gasteiger charge is -2.57. The number of fused-ring (bicyclic) bond motifs is 1. The van der Waals surface area contributed by atoms with Gasteiger partial charge in [-0.05, 0) is 26.7 Å². The van der Waals surface area contributed by atoms with E-state index in [0.29, 0.717) is 0 Å². The van der Waals surface area contributed by atoms with Crippen LogP contribution >= 0.6 is 0 Å². The minimum absolute atomic E-state index is 0.221. The number of piperidine rings is 1. The molecule has 2 heterocycles. The molecule has 3 fully saturated rings. The van der Waals surface area contributed by atoms with E-state index in [1.807, 2.05) is 0 Å². The van der Waals surface area contributed by atoms with Gasteiger partial charge in [-0.1, -0.05) is 0 Å². The Bertz CT molecular complexity index is 496. The standard InChI is InChI=1S/C15H25NO7/c1-13(20-4)14(2,21-5)23-10-9(22-13)8-16(12(17)18)15(6-7-15)11(10)19-3/h9-11H,6-8H2,1-5H3,(H,17,18). The molecule has 0 radical (unpaired) electrons. The highest BCUT2D eigenvalue weighted by Crippen LogP contribution is 2.53. The van der Waals surface area contributed by atoms with Crippen molar-refractivity contribution >= 4 is 6.09 Å². The summed E-state index contributed by atoms with van der Waals surface area (Å²) in [5, 5.41) is 9.57. The van der Waals surface area contributed by atoms with E-state index in [1.54, 1.807) is 21.0 Å². The van der Waals surface area contributed by atoms with Crippen LogP contribution in [0.4, 0.5) is 4.79 Å². The smallest absolute Gasteiger partial charge is 0.407 e. The molecular weight excluding hydrogens is 306 g/mol. The lowest BCUT2D eigenvalue weighted by Crippen LogP contribution is -2.74. The van der Waals surface area contributed by atoms with Crippen LogP contribution in [0.15, 0.2) is 0 Å². The zero-order chi connectivity index (χ0) is 17.0. The van der Waals surface area contributed by atoms with Crippen molar-refractivity contribution in [2.45, 2.75) is 62.1 Å². The summed E-state index contributed by atoms with van der Waals surface area (Å²) in [7, 11) is 4.61. The number of amides is 1. The van der Waals surface area contributed by atoms with E-state index in [9.17, 15) is 9.90 Å². The summed E-state index contributed by atoms with van der Waals surface area (Å²) in [5.41, 5.74) is -0.527. The minimum atomic E-state index is -1.15. The van der Waals surface area contributed by atoms with Gasteiger partial charge < -0.3 is 28.8 Å². The first-order chi connectivity index (χ1) is 10.8. The summed E-state index contributed by atoms with van der Waals surface area (Å²) in [4.78, 5) is 13.1. The molecule has 2 saturated heterocycles. The second-order valence-corrected chi connectivity index (χ2v) is 6.69. The van der Waals surface area contributed by atoms with Crippen LogP contribution in [0.2, 0.25) is 0 Å². The number of ether oxygens (including phenoxy) is 5. The van der Waals surface area contributed by atoms with E-state index in [0.717, 1.165) is 12.8 Å². The van der Waals surface area contributed by atoms with Gasteiger partial charge in [0.2, 0.25) is 11.6 Å². The Morgan fingerprint density at radius 1 is 1.13 bits per heavy atom. The van der Waals surface area contributed by atoms with E-state index in [4.69, 9.17) is 23.7 Å².